The minimum Gasteiger partial charge on any atom is -0.497 e. The molecule has 0 N–H and O–H groups in total. The van der Waals surface area contributed by atoms with Gasteiger partial charge in [0.05, 0.1) is 23.2 Å². The summed E-state index contributed by atoms with van der Waals surface area (Å²) in [5.74, 6) is 1.72. The van der Waals surface area contributed by atoms with Gasteiger partial charge in [-0.3, -0.25) is 4.21 Å². The van der Waals surface area contributed by atoms with Gasteiger partial charge in [-0.1, -0.05) is 35.9 Å². The van der Waals surface area contributed by atoms with E-state index in [1.807, 2.05) is 24.3 Å². The van der Waals surface area contributed by atoms with Gasteiger partial charge in [-0.05, 0) is 67.0 Å². The van der Waals surface area contributed by atoms with Crippen LogP contribution in [0.5, 0.6) is 5.75 Å². The van der Waals surface area contributed by atoms with Crippen molar-refractivity contribution in [2.24, 2.45) is 11.8 Å². The molecule has 3 heteroatoms. The van der Waals surface area contributed by atoms with Crippen LogP contribution in [0.25, 0.3) is 5.57 Å². The molecule has 2 aromatic carbocycles. The molecule has 0 aliphatic heterocycles. The second-order valence-electron chi connectivity index (χ2n) is 6.77. The molecule has 0 aromatic heterocycles. The van der Waals surface area contributed by atoms with Crippen molar-refractivity contribution >= 4 is 16.4 Å². The first-order chi connectivity index (χ1) is 11.7. The van der Waals surface area contributed by atoms with E-state index in [-0.39, 0.29) is 5.25 Å². The molecule has 0 spiro atoms. The van der Waals surface area contributed by atoms with Crippen molar-refractivity contribution in [2.45, 2.75) is 29.9 Å². The highest BCUT2D eigenvalue weighted by atomic mass is 32.2. The Morgan fingerprint density at radius 1 is 1.00 bits per heavy atom. The molecule has 2 aliphatic rings. The lowest BCUT2D eigenvalue weighted by Gasteiger charge is -2.19. The Hall–Kier alpha value is -1.87. The van der Waals surface area contributed by atoms with Crippen LogP contribution >= 0.6 is 0 Å². The lowest BCUT2D eigenvalue weighted by molar-refractivity contribution is 0.415. The molecule has 24 heavy (non-hydrogen) atoms. The fourth-order valence-corrected chi connectivity index (χ4v) is 5.93. The molecule has 2 nitrogen and oxygen atoms in total. The van der Waals surface area contributed by atoms with Crippen LogP contribution in [-0.2, 0) is 10.8 Å². The van der Waals surface area contributed by atoms with Crippen molar-refractivity contribution in [1.82, 2.24) is 0 Å². The first-order valence-corrected chi connectivity index (χ1v) is 9.72. The van der Waals surface area contributed by atoms with E-state index in [9.17, 15) is 4.21 Å². The third kappa shape index (κ3) is 2.61. The predicted molar refractivity (Wildman–Crippen MR) is 98.6 cm³/mol. The summed E-state index contributed by atoms with van der Waals surface area (Å²) in [6.45, 7) is 2.06. The zero-order valence-electron chi connectivity index (χ0n) is 14.1. The van der Waals surface area contributed by atoms with E-state index in [0.29, 0.717) is 11.8 Å². The number of hydrogen-bond acceptors (Lipinski definition) is 2. The van der Waals surface area contributed by atoms with Crippen LogP contribution in [0.4, 0.5) is 0 Å². The van der Waals surface area contributed by atoms with Crippen molar-refractivity contribution in [3.63, 3.8) is 0 Å². The Balaban J connectivity index is 1.60. The zero-order chi connectivity index (χ0) is 16.7. The second kappa shape index (κ2) is 6.21. The quantitative estimate of drug-likeness (QED) is 0.814. The van der Waals surface area contributed by atoms with Gasteiger partial charge in [-0.2, -0.15) is 0 Å². The van der Waals surface area contributed by atoms with Gasteiger partial charge in [0.1, 0.15) is 5.75 Å². The van der Waals surface area contributed by atoms with E-state index in [1.54, 1.807) is 7.11 Å². The van der Waals surface area contributed by atoms with Crippen LogP contribution in [0.3, 0.4) is 0 Å². The highest BCUT2D eigenvalue weighted by Crippen LogP contribution is 2.51. The van der Waals surface area contributed by atoms with Gasteiger partial charge >= 0.3 is 0 Å². The molecule has 0 radical (unpaired) electrons. The summed E-state index contributed by atoms with van der Waals surface area (Å²) in [6.07, 6.45) is 4.67. The summed E-state index contributed by atoms with van der Waals surface area (Å²) < 4.78 is 18.4. The van der Waals surface area contributed by atoms with Crippen LogP contribution < -0.4 is 4.74 Å². The first kappa shape index (κ1) is 15.6. The van der Waals surface area contributed by atoms with Crippen molar-refractivity contribution in [2.75, 3.05) is 7.11 Å². The van der Waals surface area contributed by atoms with Crippen molar-refractivity contribution in [1.29, 1.82) is 0 Å². The molecule has 0 saturated heterocycles. The van der Waals surface area contributed by atoms with Gasteiger partial charge in [0.15, 0.2) is 0 Å². The Labute approximate surface area is 146 Å². The Morgan fingerprint density at radius 3 is 2.38 bits per heavy atom. The molecular formula is C21H22O2S. The topological polar surface area (TPSA) is 26.3 Å². The van der Waals surface area contributed by atoms with E-state index < -0.39 is 10.8 Å². The number of rotatable bonds is 4. The maximum Gasteiger partial charge on any atom is 0.118 e. The number of allylic oxidation sites excluding steroid dienone is 2. The van der Waals surface area contributed by atoms with Crippen molar-refractivity contribution in [3.8, 4) is 5.75 Å². The van der Waals surface area contributed by atoms with Gasteiger partial charge in [0.25, 0.3) is 0 Å². The fourth-order valence-electron chi connectivity index (χ4n) is 4.10. The third-order valence-corrected chi connectivity index (χ3v) is 7.26. The molecule has 2 aliphatic carbocycles. The molecule has 2 aromatic rings. The number of hydrogen-bond donors (Lipinski definition) is 0. The largest absolute Gasteiger partial charge is 0.497 e. The molecular weight excluding hydrogens is 316 g/mol. The fraction of sp³-hybridized carbons (Fsp3) is 0.333. The van der Waals surface area contributed by atoms with Gasteiger partial charge in [-0.25, -0.2) is 0 Å². The van der Waals surface area contributed by atoms with Gasteiger partial charge in [0, 0.05) is 4.90 Å². The number of fused-ring (bicyclic) bond motifs is 2. The SMILES string of the molecule is COc1ccc(C2=C[C@H]3CC[C@@H]2C3S(=O)c2ccc(C)cc2)cc1. The van der Waals surface area contributed by atoms with Gasteiger partial charge < -0.3 is 4.74 Å². The Morgan fingerprint density at radius 2 is 1.71 bits per heavy atom. The van der Waals surface area contributed by atoms with E-state index in [1.165, 1.54) is 16.7 Å². The van der Waals surface area contributed by atoms with Crippen LogP contribution in [0, 0.1) is 18.8 Å². The van der Waals surface area contributed by atoms with Gasteiger partial charge in [-0.15, -0.1) is 0 Å². The minimum atomic E-state index is -0.942. The standard InChI is InChI=1S/C21H22O2S/c1-14-3-10-18(11-4-14)24(22)21-16-7-12-19(21)20(13-16)15-5-8-17(23-2)9-6-15/h3-6,8-11,13,16,19,21H,7,12H2,1-2H3/t16-,19+,21?,24?/m1/s1. The monoisotopic (exact) mass is 338 g/mol. The van der Waals surface area contributed by atoms with E-state index in [4.69, 9.17) is 4.74 Å². The van der Waals surface area contributed by atoms with E-state index >= 15 is 0 Å². The maximum atomic E-state index is 13.2. The van der Waals surface area contributed by atoms with Crippen molar-refractivity contribution in [3.05, 3.63) is 65.7 Å². The summed E-state index contributed by atoms with van der Waals surface area (Å²) in [5, 5.41) is 0.227. The summed E-state index contributed by atoms with van der Waals surface area (Å²) in [6, 6.07) is 16.4. The smallest absolute Gasteiger partial charge is 0.118 e. The lowest BCUT2D eigenvalue weighted by Crippen LogP contribution is -2.22. The normalized spacial score (nSPS) is 26.2. The summed E-state index contributed by atoms with van der Waals surface area (Å²) >= 11 is 0. The summed E-state index contributed by atoms with van der Waals surface area (Å²) in [7, 11) is 0.745. The predicted octanol–water partition coefficient (Wildman–Crippen LogP) is 4.60. The molecule has 2 bridgehead atoms. The molecule has 124 valence electrons. The zero-order valence-corrected chi connectivity index (χ0v) is 14.9. The molecule has 0 heterocycles. The average molecular weight is 338 g/mol. The van der Waals surface area contributed by atoms with E-state index in [2.05, 4.69) is 37.3 Å². The van der Waals surface area contributed by atoms with Gasteiger partial charge in [0.2, 0.25) is 0 Å². The molecule has 4 rings (SSSR count). The number of aryl methyl sites for hydroxylation is 1. The third-order valence-electron chi connectivity index (χ3n) is 5.35. The van der Waals surface area contributed by atoms with Crippen LogP contribution in [0.1, 0.15) is 24.0 Å². The molecule has 4 atom stereocenters. The van der Waals surface area contributed by atoms with Crippen molar-refractivity contribution < 1.29 is 8.95 Å². The highest BCUT2D eigenvalue weighted by molar-refractivity contribution is 7.85. The Bertz CT molecular complexity index is 790. The average Bonchev–Trinajstić information content (AvgIpc) is 3.20. The lowest BCUT2D eigenvalue weighted by atomic mass is 9.92. The minimum absolute atomic E-state index is 0.227. The molecule has 0 amide bonds. The van der Waals surface area contributed by atoms with Crippen LogP contribution in [0.15, 0.2) is 59.5 Å². The van der Waals surface area contributed by atoms with Crippen LogP contribution in [-0.4, -0.2) is 16.6 Å². The van der Waals surface area contributed by atoms with Crippen LogP contribution in [0.2, 0.25) is 0 Å². The highest BCUT2D eigenvalue weighted by Gasteiger charge is 2.46. The first-order valence-electron chi connectivity index (χ1n) is 8.51. The second-order valence-corrected chi connectivity index (χ2v) is 8.38. The molecule has 2 unspecified atom stereocenters. The number of methoxy groups -OCH3 is 1. The summed E-state index contributed by atoms with van der Waals surface area (Å²) in [5.41, 5.74) is 3.83. The number of benzene rings is 2. The maximum absolute atomic E-state index is 13.2. The van der Waals surface area contributed by atoms with E-state index in [0.717, 1.165) is 23.5 Å². The Kier molecular flexibility index (Phi) is 4.05. The summed E-state index contributed by atoms with van der Waals surface area (Å²) in [4.78, 5) is 0.965. The number of ether oxygens (including phenoxy) is 1. The molecule has 1 fully saturated rings. The molecule has 1 saturated carbocycles.